The summed E-state index contributed by atoms with van der Waals surface area (Å²) < 4.78 is 43.8. The number of ether oxygens (including phenoxy) is 1. The lowest BCUT2D eigenvalue weighted by molar-refractivity contribution is 0.193. The molecule has 9 heteroatoms. The highest BCUT2D eigenvalue weighted by Gasteiger charge is 2.26. The molecule has 1 aromatic heterocycles. The molecule has 1 aliphatic rings. The maximum atomic E-state index is 14.2. The Morgan fingerprint density at radius 3 is 2.86 bits per heavy atom. The Labute approximate surface area is 127 Å². The first-order valence-corrected chi connectivity index (χ1v) is 8.25. The van der Waals surface area contributed by atoms with Gasteiger partial charge in [0.05, 0.1) is 11.5 Å². The molecule has 0 amide bonds. The number of halogens is 1. The summed E-state index contributed by atoms with van der Waals surface area (Å²) in [6.07, 6.45) is 0.759. The minimum Gasteiger partial charge on any atom is -0.381 e. The van der Waals surface area contributed by atoms with Crippen molar-refractivity contribution in [2.75, 3.05) is 13.2 Å². The van der Waals surface area contributed by atoms with Crippen LogP contribution in [-0.2, 0) is 14.8 Å². The maximum Gasteiger partial charge on any atom is 0.238 e. The molecule has 1 saturated heterocycles. The van der Waals surface area contributed by atoms with Gasteiger partial charge in [0.15, 0.2) is 0 Å². The SMILES string of the molecule is Cc1nc(C2CCOC2)n(-c2cc(S(N)(=O)=O)ccc2F)n1. The van der Waals surface area contributed by atoms with E-state index >= 15 is 0 Å². The second-order valence-electron chi connectivity index (χ2n) is 5.15. The van der Waals surface area contributed by atoms with Crippen molar-refractivity contribution >= 4 is 10.0 Å². The number of nitrogens with zero attached hydrogens (tertiary/aromatic N) is 3. The molecule has 3 rings (SSSR count). The van der Waals surface area contributed by atoms with E-state index < -0.39 is 15.8 Å². The number of hydrogen-bond donors (Lipinski definition) is 1. The predicted molar refractivity (Wildman–Crippen MR) is 75.6 cm³/mol. The average molecular weight is 326 g/mol. The van der Waals surface area contributed by atoms with E-state index in [1.165, 1.54) is 4.68 Å². The lowest BCUT2D eigenvalue weighted by atomic mass is 10.1. The molecule has 1 unspecified atom stereocenters. The van der Waals surface area contributed by atoms with E-state index in [9.17, 15) is 12.8 Å². The van der Waals surface area contributed by atoms with Gasteiger partial charge in [0, 0.05) is 12.5 Å². The van der Waals surface area contributed by atoms with Gasteiger partial charge >= 0.3 is 0 Å². The summed E-state index contributed by atoms with van der Waals surface area (Å²) in [5.41, 5.74) is 0.00836. The van der Waals surface area contributed by atoms with Gasteiger partial charge < -0.3 is 4.74 Å². The Morgan fingerprint density at radius 1 is 1.45 bits per heavy atom. The summed E-state index contributed by atoms with van der Waals surface area (Å²) in [6, 6.07) is 3.34. The maximum absolute atomic E-state index is 14.2. The molecule has 2 heterocycles. The van der Waals surface area contributed by atoms with Crippen molar-refractivity contribution in [1.29, 1.82) is 0 Å². The molecule has 2 N–H and O–H groups in total. The van der Waals surface area contributed by atoms with Crippen molar-refractivity contribution in [1.82, 2.24) is 14.8 Å². The summed E-state index contributed by atoms with van der Waals surface area (Å²) in [5, 5.41) is 9.29. The Hall–Kier alpha value is -1.84. The molecule has 7 nitrogen and oxygen atoms in total. The summed E-state index contributed by atoms with van der Waals surface area (Å²) >= 11 is 0. The summed E-state index contributed by atoms with van der Waals surface area (Å²) in [4.78, 5) is 4.15. The Morgan fingerprint density at radius 2 is 2.23 bits per heavy atom. The monoisotopic (exact) mass is 326 g/mol. The van der Waals surface area contributed by atoms with Crippen molar-refractivity contribution in [3.8, 4) is 5.69 Å². The molecule has 0 radical (unpaired) electrons. The van der Waals surface area contributed by atoms with Crippen LogP contribution in [0.2, 0.25) is 0 Å². The van der Waals surface area contributed by atoms with Gasteiger partial charge in [-0.3, -0.25) is 0 Å². The highest BCUT2D eigenvalue weighted by Crippen LogP contribution is 2.27. The fourth-order valence-electron chi connectivity index (χ4n) is 2.44. The molecule has 22 heavy (non-hydrogen) atoms. The fourth-order valence-corrected chi connectivity index (χ4v) is 2.98. The van der Waals surface area contributed by atoms with Crippen molar-refractivity contribution in [2.45, 2.75) is 24.2 Å². The second kappa shape index (κ2) is 5.41. The van der Waals surface area contributed by atoms with E-state index in [0.29, 0.717) is 24.9 Å². The van der Waals surface area contributed by atoms with Crippen LogP contribution < -0.4 is 5.14 Å². The average Bonchev–Trinajstić information content (AvgIpc) is 3.06. The van der Waals surface area contributed by atoms with Crippen molar-refractivity contribution in [3.63, 3.8) is 0 Å². The first kappa shape index (κ1) is 15.1. The highest BCUT2D eigenvalue weighted by molar-refractivity contribution is 7.89. The molecule has 118 valence electrons. The molecular formula is C13H15FN4O3S. The van der Waals surface area contributed by atoms with Crippen LogP contribution in [0.25, 0.3) is 5.69 Å². The van der Waals surface area contributed by atoms with E-state index in [4.69, 9.17) is 9.88 Å². The first-order chi connectivity index (χ1) is 10.4. The summed E-state index contributed by atoms with van der Waals surface area (Å²) in [5.74, 6) is 0.430. The van der Waals surface area contributed by atoms with Gasteiger partial charge in [-0.15, -0.1) is 0 Å². The molecule has 0 spiro atoms. The van der Waals surface area contributed by atoms with E-state index in [2.05, 4.69) is 10.1 Å². The Bertz CT molecular complexity index is 813. The second-order valence-corrected chi connectivity index (χ2v) is 6.71. The van der Waals surface area contributed by atoms with E-state index in [-0.39, 0.29) is 16.5 Å². The predicted octanol–water partition coefficient (Wildman–Crippen LogP) is 0.866. The topological polar surface area (TPSA) is 100 Å². The van der Waals surface area contributed by atoms with Gasteiger partial charge in [0.1, 0.15) is 23.2 Å². The molecule has 1 fully saturated rings. The largest absolute Gasteiger partial charge is 0.381 e. The van der Waals surface area contributed by atoms with Gasteiger partial charge in [0.25, 0.3) is 0 Å². The van der Waals surface area contributed by atoms with Crippen LogP contribution in [0.5, 0.6) is 0 Å². The van der Waals surface area contributed by atoms with Gasteiger partial charge in [-0.25, -0.2) is 27.6 Å². The zero-order chi connectivity index (χ0) is 15.9. The van der Waals surface area contributed by atoms with Crippen molar-refractivity contribution in [3.05, 3.63) is 35.7 Å². The zero-order valence-corrected chi connectivity index (χ0v) is 12.7. The molecular weight excluding hydrogens is 311 g/mol. The number of benzene rings is 1. The number of sulfonamides is 1. The lowest BCUT2D eigenvalue weighted by Gasteiger charge is -2.11. The van der Waals surface area contributed by atoms with Crippen LogP contribution in [0.3, 0.4) is 0 Å². The summed E-state index contributed by atoms with van der Waals surface area (Å²) in [6.45, 7) is 2.78. The smallest absolute Gasteiger partial charge is 0.238 e. The quantitative estimate of drug-likeness (QED) is 0.902. The van der Waals surface area contributed by atoms with Crippen LogP contribution in [0.1, 0.15) is 24.0 Å². The third-order valence-corrected chi connectivity index (χ3v) is 4.42. The van der Waals surface area contributed by atoms with Crippen molar-refractivity contribution < 1.29 is 17.5 Å². The van der Waals surface area contributed by atoms with Gasteiger partial charge in [0.2, 0.25) is 10.0 Å². The molecule has 0 bridgehead atoms. The molecule has 1 aliphatic heterocycles. The highest BCUT2D eigenvalue weighted by atomic mass is 32.2. The molecule has 0 aliphatic carbocycles. The molecule has 1 aromatic carbocycles. The third kappa shape index (κ3) is 2.74. The fraction of sp³-hybridized carbons (Fsp3) is 0.385. The number of aromatic nitrogens is 3. The zero-order valence-electron chi connectivity index (χ0n) is 11.9. The number of aryl methyl sites for hydroxylation is 1. The normalized spacial score (nSPS) is 18.8. The number of rotatable bonds is 3. The summed E-state index contributed by atoms with van der Waals surface area (Å²) in [7, 11) is -3.93. The standard InChI is InChI=1S/C13H15FN4O3S/c1-8-16-13(9-4-5-21-7-9)18(17-8)12-6-10(22(15,19)20)2-3-11(12)14/h2-3,6,9H,4-5,7H2,1H3,(H2,15,19,20). The molecule has 0 saturated carbocycles. The lowest BCUT2D eigenvalue weighted by Crippen LogP contribution is -2.15. The van der Waals surface area contributed by atoms with E-state index in [1.807, 2.05) is 0 Å². The molecule has 1 atom stereocenters. The van der Waals surface area contributed by atoms with Crippen LogP contribution in [0, 0.1) is 12.7 Å². The van der Waals surface area contributed by atoms with Gasteiger partial charge in [-0.2, -0.15) is 5.10 Å². The van der Waals surface area contributed by atoms with Crippen molar-refractivity contribution in [2.24, 2.45) is 5.14 Å². The number of nitrogens with two attached hydrogens (primary N) is 1. The number of primary sulfonamides is 1. The van der Waals surface area contributed by atoms with Crippen LogP contribution in [0.4, 0.5) is 4.39 Å². The van der Waals surface area contributed by atoms with Gasteiger partial charge in [-0.1, -0.05) is 0 Å². The minimum absolute atomic E-state index is 0.00117. The van der Waals surface area contributed by atoms with E-state index in [0.717, 1.165) is 24.6 Å². The number of hydrogen-bond acceptors (Lipinski definition) is 5. The third-order valence-electron chi connectivity index (χ3n) is 3.51. The van der Waals surface area contributed by atoms with Crippen LogP contribution >= 0.6 is 0 Å². The minimum atomic E-state index is -3.93. The first-order valence-electron chi connectivity index (χ1n) is 6.70. The molecule has 2 aromatic rings. The van der Waals surface area contributed by atoms with Crippen LogP contribution in [0.15, 0.2) is 23.1 Å². The Balaban J connectivity index is 2.15. The van der Waals surface area contributed by atoms with Gasteiger partial charge in [-0.05, 0) is 31.5 Å². The van der Waals surface area contributed by atoms with E-state index in [1.54, 1.807) is 6.92 Å². The Kier molecular flexibility index (Phi) is 3.71. The van der Waals surface area contributed by atoms with Crippen LogP contribution in [-0.4, -0.2) is 36.4 Å².